The monoisotopic (exact) mass is 949 g/mol. The molecule has 0 aromatic carbocycles. The molecule has 2 aliphatic heterocycles. The van der Waals surface area contributed by atoms with E-state index in [0.29, 0.717) is 12.8 Å². The van der Waals surface area contributed by atoms with E-state index in [1.54, 1.807) is 0 Å². The molecule has 0 bridgehead atoms. The lowest BCUT2D eigenvalue weighted by molar-refractivity contribution is -0.332. The molecule has 390 valence electrons. The van der Waals surface area contributed by atoms with Crippen molar-refractivity contribution >= 4 is 11.9 Å². The molecule has 2 saturated heterocycles. The Labute approximate surface area is 398 Å². The molecule has 7 N–H and O–H groups in total. The third-order valence-corrected chi connectivity index (χ3v) is 13.1. The van der Waals surface area contributed by atoms with Crippen molar-refractivity contribution in [3.63, 3.8) is 0 Å². The largest absolute Gasteiger partial charge is 0.462 e. The molecular formula is C51H96O15. The van der Waals surface area contributed by atoms with E-state index in [0.717, 1.165) is 38.5 Å². The second-order valence-corrected chi connectivity index (χ2v) is 19.1. The molecule has 11 atom stereocenters. The molecule has 0 aliphatic carbocycles. The lowest BCUT2D eigenvalue weighted by atomic mass is 9.98. The normalized spacial score (nSPS) is 26.1. The quantitative estimate of drug-likeness (QED) is 0.0231. The molecule has 66 heavy (non-hydrogen) atoms. The highest BCUT2D eigenvalue weighted by molar-refractivity contribution is 5.70. The summed E-state index contributed by atoms with van der Waals surface area (Å²) in [6.45, 7) is 2.60. The number of carbonyl (C=O) groups is 2. The Balaban J connectivity index is 1.72. The lowest BCUT2D eigenvalue weighted by Crippen LogP contribution is -2.61. The molecular weight excluding hydrogens is 853 g/mol. The van der Waals surface area contributed by atoms with Crippen LogP contribution in [0.25, 0.3) is 0 Å². The number of aliphatic hydroxyl groups is 7. The Morgan fingerprint density at radius 2 is 0.773 bits per heavy atom. The first-order valence-corrected chi connectivity index (χ1v) is 26.6. The summed E-state index contributed by atoms with van der Waals surface area (Å²) in [5.74, 6) is -0.913. The number of hydrogen-bond donors (Lipinski definition) is 7. The topological polar surface area (TPSA) is 231 Å². The third-order valence-electron chi connectivity index (χ3n) is 13.1. The van der Waals surface area contributed by atoms with Gasteiger partial charge in [-0.2, -0.15) is 0 Å². The summed E-state index contributed by atoms with van der Waals surface area (Å²) in [4.78, 5) is 25.7. The summed E-state index contributed by atoms with van der Waals surface area (Å²) in [6.07, 6.45) is 20.1. The van der Waals surface area contributed by atoms with Crippen LogP contribution in [0.3, 0.4) is 0 Å². The summed E-state index contributed by atoms with van der Waals surface area (Å²) in [5.41, 5.74) is 0. The molecule has 0 aromatic heterocycles. The van der Waals surface area contributed by atoms with E-state index in [9.17, 15) is 45.3 Å². The van der Waals surface area contributed by atoms with Gasteiger partial charge >= 0.3 is 11.9 Å². The maximum atomic E-state index is 12.9. The predicted molar refractivity (Wildman–Crippen MR) is 252 cm³/mol. The zero-order valence-corrected chi connectivity index (χ0v) is 41.2. The fourth-order valence-corrected chi connectivity index (χ4v) is 8.69. The van der Waals surface area contributed by atoms with Crippen LogP contribution in [0.15, 0.2) is 0 Å². The van der Waals surface area contributed by atoms with Crippen molar-refractivity contribution < 1.29 is 73.8 Å². The first-order chi connectivity index (χ1) is 32.0. The number of esters is 2. The number of hydrogen-bond acceptors (Lipinski definition) is 15. The number of rotatable bonds is 42. The molecule has 0 spiro atoms. The van der Waals surface area contributed by atoms with Gasteiger partial charge in [0.15, 0.2) is 18.7 Å². The fraction of sp³-hybridized carbons (Fsp3) is 0.961. The van der Waals surface area contributed by atoms with E-state index < -0.39 is 92.7 Å². The van der Waals surface area contributed by atoms with Crippen LogP contribution >= 0.6 is 0 Å². The second kappa shape index (κ2) is 39.2. The van der Waals surface area contributed by atoms with Gasteiger partial charge in [-0.25, -0.2) is 0 Å². The summed E-state index contributed by atoms with van der Waals surface area (Å²) >= 11 is 0. The van der Waals surface area contributed by atoms with Crippen molar-refractivity contribution in [3.05, 3.63) is 0 Å². The van der Waals surface area contributed by atoms with Crippen LogP contribution in [0.1, 0.15) is 219 Å². The highest BCUT2D eigenvalue weighted by Crippen LogP contribution is 2.27. The first-order valence-electron chi connectivity index (χ1n) is 26.6. The zero-order valence-electron chi connectivity index (χ0n) is 41.2. The van der Waals surface area contributed by atoms with Crippen molar-refractivity contribution in [2.45, 2.75) is 287 Å². The molecule has 0 aromatic rings. The Hall–Kier alpha value is -1.50. The third kappa shape index (κ3) is 27.0. The maximum Gasteiger partial charge on any atom is 0.306 e. The van der Waals surface area contributed by atoms with Crippen LogP contribution in [-0.4, -0.2) is 142 Å². The highest BCUT2D eigenvalue weighted by atomic mass is 16.7. The van der Waals surface area contributed by atoms with Crippen LogP contribution in [0.2, 0.25) is 0 Å². The highest BCUT2D eigenvalue weighted by Gasteiger charge is 2.47. The van der Waals surface area contributed by atoms with Crippen LogP contribution in [0.4, 0.5) is 0 Å². The van der Waals surface area contributed by atoms with Gasteiger partial charge < -0.3 is 64.2 Å². The van der Waals surface area contributed by atoms with Gasteiger partial charge in [-0.3, -0.25) is 9.59 Å². The van der Waals surface area contributed by atoms with Crippen molar-refractivity contribution in [3.8, 4) is 0 Å². The fourth-order valence-electron chi connectivity index (χ4n) is 8.69. The number of unbranched alkanes of at least 4 members (excludes halogenated alkanes) is 28. The minimum atomic E-state index is -1.76. The summed E-state index contributed by atoms with van der Waals surface area (Å²) in [7, 11) is 0. The Morgan fingerprint density at radius 3 is 1.18 bits per heavy atom. The van der Waals surface area contributed by atoms with Crippen molar-refractivity contribution in [2.24, 2.45) is 0 Å². The molecule has 15 heteroatoms. The molecule has 0 radical (unpaired) electrons. The molecule has 4 unspecified atom stereocenters. The van der Waals surface area contributed by atoms with Gasteiger partial charge in [0.25, 0.3) is 0 Å². The van der Waals surface area contributed by atoms with E-state index >= 15 is 0 Å². The minimum absolute atomic E-state index is 0.171. The number of aliphatic hydroxyl groups excluding tert-OH is 7. The van der Waals surface area contributed by atoms with E-state index in [-0.39, 0.29) is 26.1 Å². The summed E-state index contributed by atoms with van der Waals surface area (Å²) in [5, 5.41) is 72.0. The van der Waals surface area contributed by atoms with Crippen molar-refractivity contribution in [1.82, 2.24) is 0 Å². The van der Waals surface area contributed by atoms with Gasteiger partial charge in [0.1, 0.15) is 55.4 Å². The van der Waals surface area contributed by atoms with Crippen molar-refractivity contribution in [1.29, 1.82) is 0 Å². The van der Waals surface area contributed by atoms with Gasteiger partial charge in [-0.05, 0) is 12.8 Å². The number of ether oxygens (including phenoxy) is 6. The second-order valence-electron chi connectivity index (χ2n) is 19.1. The van der Waals surface area contributed by atoms with E-state index in [2.05, 4.69) is 13.8 Å². The molecule has 2 aliphatic rings. The van der Waals surface area contributed by atoms with Crippen LogP contribution in [0.5, 0.6) is 0 Å². The average Bonchev–Trinajstić information content (AvgIpc) is 3.31. The summed E-state index contributed by atoms with van der Waals surface area (Å²) in [6, 6.07) is 0. The zero-order chi connectivity index (χ0) is 48.2. The van der Waals surface area contributed by atoms with Crippen molar-refractivity contribution in [2.75, 3.05) is 26.4 Å². The average molecular weight is 949 g/mol. The molecule has 15 nitrogen and oxygen atoms in total. The Kier molecular flexibility index (Phi) is 36.0. The van der Waals surface area contributed by atoms with Crippen LogP contribution < -0.4 is 0 Å². The van der Waals surface area contributed by atoms with Gasteiger partial charge in [0.05, 0.1) is 19.8 Å². The smallest absolute Gasteiger partial charge is 0.306 e. The SMILES string of the molecule is CCCCCCCCCCCCCCCCCCCCCCCC(=O)OC[C@@H](CO[C@@H]1O[C@H](CO[C@@H]2O[C@H](CO)[C@H](O)C(O)C2O)[C@H](O)C(O)C1O)OC(=O)CCCCCCCCCCC. The van der Waals surface area contributed by atoms with Gasteiger partial charge in [0, 0.05) is 12.8 Å². The van der Waals surface area contributed by atoms with Crippen LogP contribution in [0, 0.1) is 0 Å². The van der Waals surface area contributed by atoms with Gasteiger partial charge in [-0.15, -0.1) is 0 Å². The number of carbonyl (C=O) groups excluding carboxylic acids is 2. The molecule has 0 amide bonds. The Bertz CT molecular complexity index is 1160. The van der Waals surface area contributed by atoms with Gasteiger partial charge in [-0.1, -0.05) is 194 Å². The Morgan fingerprint density at radius 1 is 0.424 bits per heavy atom. The van der Waals surface area contributed by atoms with Crippen LogP contribution in [-0.2, 0) is 38.0 Å². The molecule has 2 heterocycles. The molecule has 0 saturated carbocycles. The van der Waals surface area contributed by atoms with E-state index in [1.807, 2.05) is 0 Å². The first kappa shape index (κ1) is 60.6. The van der Waals surface area contributed by atoms with E-state index in [4.69, 9.17) is 28.4 Å². The summed E-state index contributed by atoms with van der Waals surface area (Å²) < 4.78 is 33.5. The molecule has 2 rings (SSSR count). The van der Waals surface area contributed by atoms with Gasteiger partial charge in [0.2, 0.25) is 0 Å². The standard InChI is InChI=1S/C51H96O15/c1-3-5-7-9-11-13-14-15-16-17-18-19-20-21-22-23-24-26-27-29-31-33-42(53)61-36-39(64-43(54)34-32-30-28-25-12-10-8-6-4-2)37-62-50-49(60)47(58)45(56)41(66-50)38-63-51-48(59)46(57)44(55)40(35-52)65-51/h39-41,44-52,55-60H,3-38H2,1-2H3/t39-,40+,41+,44-,45-,46?,47?,48?,49?,50+,51+/m0/s1. The molecule has 2 fully saturated rings. The van der Waals surface area contributed by atoms with E-state index in [1.165, 1.54) is 141 Å². The predicted octanol–water partition coefficient (Wildman–Crippen LogP) is 7.61. The maximum absolute atomic E-state index is 12.9. The lowest BCUT2D eigenvalue weighted by Gasteiger charge is -2.42. The minimum Gasteiger partial charge on any atom is -0.462 e.